The van der Waals surface area contributed by atoms with Gasteiger partial charge in [-0.1, -0.05) is 0 Å². The highest BCUT2D eigenvalue weighted by molar-refractivity contribution is 5.89. The lowest BCUT2D eigenvalue weighted by atomic mass is 10.1. The van der Waals surface area contributed by atoms with E-state index >= 15 is 0 Å². The molecule has 1 N–H and O–H groups in total. The van der Waals surface area contributed by atoms with Crippen LogP contribution in [0.15, 0.2) is 36.4 Å². The molecule has 2 aromatic rings. The van der Waals surface area contributed by atoms with Crippen molar-refractivity contribution in [3.63, 3.8) is 0 Å². The van der Waals surface area contributed by atoms with E-state index in [1.54, 1.807) is 18.2 Å². The summed E-state index contributed by atoms with van der Waals surface area (Å²) >= 11 is 0. The summed E-state index contributed by atoms with van der Waals surface area (Å²) in [6.07, 6.45) is 0. The van der Waals surface area contributed by atoms with Gasteiger partial charge in [0.2, 0.25) is 11.8 Å². The molecule has 1 atom stereocenters. The van der Waals surface area contributed by atoms with Crippen LogP contribution < -0.4 is 14.8 Å². The Bertz CT molecular complexity index is 938. The zero-order chi connectivity index (χ0) is 21.7. The van der Waals surface area contributed by atoms with Crippen LogP contribution >= 0.6 is 0 Å². The number of benzene rings is 2. The lowest BCUT2D eigenvalue weighted by molar-refractivity contribution is -0.155. The predicted octanol–water partition coefficient (Wildman–Crippen LogP) is 2.03. The highest BCUT2D eigenvalue weighted by Gasteiger charge is 2.34. The highest BCUT2D eigenvalue weighted by Crippen LogP contribution is 2.27. The minimum absolute atomic E-state index is 0.00905. The number of morpholine rings is 1. The summed E-state index contributed by atoms with van der Waals surface area (Å²) in [6, 6.07) is 7.24. The van der Waals surface area contributed by atoms with Crippen molar-refractivity contribution in [1.82, 2.24) is 10.2 Å². The van der Waals surface area contributed by atoms with E-state index in [1.807, 2.05) is 0 Å². The number of ether oxygens (including phenoxy) is 3. The van der Waals surface area contributed by atoms with E-state index in [2.05, 4.69) is 5.32 Å². The third kappa shape index (κ3) is 4.85. The van der Waals surface area contributed by atoms with Gasteiger partial charge in [0.15, 0.2) is 0 Å². The molecule has 0 bridgehead atoms. The maximum absolute atomic E-state index is 13.8. The first kappa shape index (κ1) is 21.5. The molecule has 0 saturated carbocycles. The third-order valence-electron chi connectivity index (χ3n) is 4.80. The van der Waals surface area contributed by atoms with Crippen LogP contribution in [0.3, 0.4) is 0 Å². The van der Waals surface area contributed by atoms with E-state index in [-0.39, 0.29) is 37.8 Å². The molecule has 2 aromatic carbocycles. The monoisotopic (exact) mass is 420 g/mol. The Morgan fingerprint density at radius 2 is 1.97 bits per heavy atom. The van der Waals surface area contributed by atoms with Crippen molar-refractivity contribution < 1.29 is 32.6 Å². The zero-order valence-corrected chi connectivity index (χ0v) is 16.6. The number of hydrogen-bond acceptors (Lipinski definition) is 5. The van der Waals surface area contributed by atoms with E-state index in [4.69, 9.17) is 14.2 Å². The summed E-state index contributed by atoms with van der Waals surface area (Å²) in [5.41, 5.74) is 0.692. The Morgan fingerprint density at radius 3 is 2.70 bits per heavy atom. The van der Waals surface area contributed by atoms with Gasteiger partial charge in [-0.3, -0.25) is 9.59 Å². The van der Waals surface area contributed by atoms with Gasteiger partial charge in [0.1, 0.15) is 35.8 Å². The number of halogens is 2. The van der Waals surface area contributed by atoms with Crippen LogP contribution in [0.1, 0.15) is 11.1 Å². The molecule has 1 aliphatic heterocycles. The van der Waals surface area contributed by atoms with Gasteiger partial charge in [-0.05, 0) is 30.3 Å². The Balaban J connectivity index is 1.75. The average Bonchev–Trinajstić information content (AvgIpc) is 2.75. The molecule has 1 aliphatic rings. The summed E-state index contributed by atoms with van der Waals surface area (Å²) in [7, 11) is 3.03. The maximum atomic E-state index is 13.8. The highest BCUT2D eigenvalue weighted by atomic mass is 19.1. The number of amides is 2. The zero-order valence-electron chi connectivity index (χ0n) is 16.6. The third-order valence-corrected chi connectivity index (χ3v) is 4.80. The minimum atomic E-state index is -0.922. The molecule has 2 amide bonds. The van der Waals surface area contributed by atoms with Crippen molar-refractivity contribution in [2.75, 3.05) is 27.4 Å². The van der Waals surface area contributed by atoms with Crippen LogP contribution in [0.5, 0.6) is 11.5 Å². The van der Waals surface area contributed by atoms with Crippen molar-refractivity contribution in [1.29, 1.82) is 0 Å². The number of hydrogen-bond donors (Lipinski definition) is 1. The van der Waals surface area contributed by atoms with Crippen molar-refractivity contribution in [3.8, 4) is 11.5 Å². The smallest absolute Gasteiger partial charge is 0.249 e. The second-order valence-electron chi connectivity index (χ2n) is 6.68. The predicted molar refractivity (Wildman–Crippen MR) is 103 cm³/mol. The summed E-state index contributed by atoms with van der Waals surface area (Å²) in [5, 5.41) is 2.55. The number of nitrogens with zero attached hydrogens (tertiary/aromatic N) is 1. The molecule has 1 heterocycles. The van der Waals surface area contributed by atoms with E-state index in [0.29, 0.717) is 17.1 Å². The van der Waals surface area contributed by atoms with Gasteiger partial charge in [0, 0.05) is 23.7 Å². The molecule has 0 aromatic heterocycles. The first-order valence-corrected chi connectivity index (χ1v) is 9.22. The van der Waals surface area contributed by atoms with Crippen LogP contribution in [0, 0.1) is 11.6 Å². The Morgan fingerprint density at radius 1 is 1.17 bits per heavy atom. The lowest BCUT2D eigenvalue weighted by Crippen LogP contribution is -2.55. The van der Waals surface area contributed by atoms with Gasteiger partial charge in [0.25, 0.3) is 0 Å². The quantitative estimate of drug-likeness (QED) is 0.742. The van der Waals surface area contributed by atoms with Crippen LogP contribution in [0.4, 0.5) is 8.78 Å². The number of rotatable bonds is 7. The minimum Gasteiger partial charge on any atom is -0.497 e. The van der Waals surface area contributed by atoms with Crippen LogP contribution in [0.2, 0.25) is 0 Å². The number of carbonyl (C=O) groups is 2. The Hall–Kier alpha value is -3.20. The van der Waals surface area contributed by atoms with Crippen LogP contribution in [-0.4, -0.2) is 50.2 Å². The Kier molecular flexibility index (Phi) is 6.83. The van der Waals surface area contributed by atoms with Gasteiger partial charge < -0.3 is 24.4 Å². The molecular weight excluding hydrogens is 398 g/mol. The van der Waals surface area contributed by atoms with Gasteiger partial charge in [-0.25, -0.2) is 8.78 Å². The van der Waals surface area contributed by atoms with Gasteiger partial charge in [-0.15, -0.1) is 0 Å². The summed E-state index contributed by atoms with van der Waals surface area (Å²) < 4.78 is 42.9. The first-order valence-electron chi connectivity index (χ1n) is 9.22. The second kappa shape index (κ2) is 9.53. The van der Waals surface area contributed by atoms with Gasteiger partial charge in [-0.2, -0.15) is 0 Å². The largest absolute Gasteiger partial charge is 0.497 e. The normalized spacial score (nSPS) is 16.3. The number of nitrogens with one attached hydrogen (secondary N) is 1. The lowest BCUT2D eigenvalue weighted by Gasteiger charge is -2.34. The van der Waals surface area contributed by atoms with E-state index in [1.165, 1.54) is 19.1 Å². The molecule has 0 radical (unpaired) electrons. The number of carbonyl (C=O) groups excluding carboxylic acids is 2. The molecule has 30 heavy (non-hydrogen) atoms. The van der Waals surface area contributed by atoms with Crippen molar-refractivity contribution >= 4 is 11.8 Å². The van der Waals surface area contributed by atoms with Gasteiger partial charge in [0.05, 0.1) is 27.4 Å². The fourth-order valence-corrected chi connectivity index (χ4v) is 3.17. The molecule has 7 nitrogen and oxygen atoms in total. The van der Waals surface area contributed by atoms with E-state index in [9.17, 15) is 18.4 Å². The fourth-order valence-electron chi connectivity index (χ4n) is 3.17. The summed E-state index contributed by atoms with van der Waals surface area (Å²) in [4.78, 5) is 26.6. The molecule has 1 unspecified atom stereocenters. The SMILES string of the molecule is COc1ccc(CN2C(=O)COCC2C(=O)NCc2cc(F)ccc2F)c(OC)c1. The average molecular weight is 420 g/mol. The molecule has 1 fully saturated rings. The van der Waals surface area contributed by atoms with Crippen LogP contribution in [-0.2, 0) is 27.4 Å². The number of methoxy groups -OCH3 is 2. The topological polar surface area (TPSA) is 77.1 Å². The summed E-state index contributed by atoms with van der Waals surface area (Å²) in [6.45, 7) is -0.267. The van der Waals surface area contributed by atoms with Crippen LogP contribution in [0.25, 0.3) is 0 Å². The fraction of sp³-hybridized carbons (Fsp3) is 0.333. The molecule has 3 rings (SSSR count). The Labute approximate surface area is 172 Å². The van der Waals surface area contributed by atoms with Crippen molar-refractivity contribution in [3.05, 3.63) is 59.2 Å². The molecular formula is C21H22F2N2O5. The summed E-state index contributed by atoms with van der Waals surface area (Å²) in [5.74, 6) is -1.03. The van der Waals surface area contributed by atoms with E-state index in [0.717, 1.165) is 18.2 Å². The molecule has 0 spiro atoms. The molecule has 160 valence electrons. The first-order chi connectivity index (χ1) is 14.4. The van der Waals surface area contributed by atoms with Crippen molar-refractivity contribution in [2.24, 2.45) is 0 Å². The van der Waals surface area contributed by atoms with E-state index < -0.39 is 23.6 Å². The second-order valence-corrected chi connectivity index (χ2v) is 6.68. The molecule has 1 saturated heterocycles. The maximum Gasteiger partial charge on any atom is 0.249 e. The molecule has 9 heteroatoms. The molecule has 0 aliphatic carbocycles. The van der Waals surface area contributed by atoms with Gasteiger partial charge >= 0.3 is 0 Å². The standard InChI is InChI=1S/C21H22F2N2O5/c1-28-16-5-3-13(19(8-16)29-2)10-25-18(11-30-12-20(25)26)21(27)24-9-14-7-15(22)4-6-17(14)23/h3-8,18H,9-12H2,1-2H3,(H,24,27). The van der Waals surface area contributed by atoms with Crippen molar-refractivity contribution in [2.45, 2.75) is 19.1 Å².